The van der Waals surface area contributed by atoms with Gasteiger partial charge in [0.15, 0.2) is 5.78 Å². The summed E-state index contributed by atoms with van der Waals surface area (Å²) in [5.74, 6) is 0.147. The Balaban J connectivity index is 2.23. The Labute approximate surface area is 127 Å². The number of carbonyl (C=O) groups is 1. The van der Waals surface area contributed by atoms with Crippen LogP contribution in [0.15, 0.2) is 31.8 Å². The molecular formula is C14H12Br2OS. The molecule has 2 rings (SSSR count). The lowest BCUT2D eigenvalue weighted by molar-refractivity contribution is 0.0993. The van der Waals surface area contributed by atoms with Crippen LogP contribution in [0.5, 0.6) is 0 Å². The summed E-state index contributed by atoms with van der Waals surface area (Å²) >= 11 is 8.35. The van der Waals surface area contributed by atoms with Crippen LogP contribution in [0.4, 0.5) is 0 Å². The number of rotatable bonds is 3. The summed E-state index contributed by atoms with van der Waals surface area (Å²) in [7, 11) is 0. The highest BCUT2D eigenvalue weighted by molar-refractivity contribution is 9.12. The molecule has 0 saturated heterocycles. The average molecular weight is 388 g/mol. The van der Waals surface area contributed by atoms with E-state index in [1.807, 2.05) is 6.07 Å². The number of ketones is 1. The number of thiophene rings is 1. The smallest absolute Gasteiger partial charge is 0.169 e. The van der Waals surface area contributed by atoms with Gasteiger partial charge in [-0.05, 0) is 57.3 Å². The number of hydrogen-bond donors (Lipinski definition) is 0. The van der Waals surface area contributed by atoms with E-state index >= 15 is 0 Å². The molecule has 0 aliphatic carbocycles. The lowest BCUT2D eigenvalue weighted by atomic mass is 10.0. The molecule has 0 aliphatic rings. The molecule has 0 spiro atoms. The first-order valence-corrected chi connectivity index (χ1v) is 7.91. The molecule has 0 aliphatic heterocycles. The third-order valence-electron chi connectivity index (χ3n) is 2.60. The first kappa shape index (κ1) is 14.0. The van der Waals surface area contributed by atoms with Crippen LogP contribution in [0.2, 0.25) is 0 Å². The van der Waals surface area contributed by atoms with Gasteiger partial charge in [-0.15, -0.1) is 11.3 Å². The van der Waals surface area contributed by atoms with Crippen molar-refractivity contribution in [3.63, 3.8) is 0 Å². The molecule has 0 amide bonds. The van der Waals surface area contributed by atoms with E-state index in [-0.39, 0.29) is 5.78 Å². The number of hydrogen-bond acceptors (Lipinski definition) is 2. The number of aryl methyl sites for hydroxylation is 2. The van der Waals surface area contributed by atoms with E-state index in [9.17, 15) is 4.79 Å². The quantitative estimate of drug-likeness (QED) is 0.651. The molecule has 1 aromatic carbocycles. The lowest BCUT2D eigenvalue weighted by Gasteiger charge is -2.04. The minimum absolute atomic E-state index is 0.147. The highest BCUT2D eigenvalue weighted by atomic mass is 79.9. The molecule has 0 saturated carbocycles. The normalized spacial score (nSPS) is 10.7. The summed E-state index contributed by atoms with van der Waals surface area (Å²) in [5.41, 5.74) is 4.23. The molecule has 2 aromatic rings. The zero-order chi connectivity index (χ0) is 13.3. The van der Waals surface area contributed by atoms with E-state index in [2.05, 4.69) is 63.9 Å². The number of halogens is 2. The second kappa shape index (κ2) is 5.68. The van der Waals surface area contributed by atoms with E-state index in [0.29, 0.717) is 6.42 Å². The Morgan fingerprint density at radius 3 is 2.22 bits per heavy atom. The van der Waals surface area contributed by atoms with Gasteiger partial charge in [-0.3, -0.25) is 4.79 Å². The summed E-state index contributed by atoms with van der Waals surface area (Å²) < 4.78 is 1.86. The fourth-order valence-electron chi connectivity index (χ4n) is 1.98. The zero-order valence-electron chi connectivity index (χ0n) is 10.1. The minimum Gasteiger partial charge on any atom is -0.294 e. The molecule has 94 valence electrons. The largest absolute Gasteiger partial charge is 0.294 e. The first-order valence-electron chi connectivity index (χ1n) is 5.51. The van der Waals surface area contributed by atoms with Gasteiger partial charge >= 0.3 is 0 Å². The molecule has 0 bridgehead atoms. The van der Waals surface area contributed by atoms with Crippen molar-refractivity contribution in [3.8, 4) is 0 Å². The van der Waals surface area contributed by atoms with Crippen LogP contribution in [0.25, 0.3) is 0 Å². The van der Waals surface area contributed by atoms with Crippen molar-refractivity contribution in [2.75, 3.05) is 0 Å². The van der Waals surface area contributed by atoms with E-state index in [0.717, 1.165) is 18.7 Å². The van der Waals surface area contributed by atoms with Crippen molar-refractivity contribution in [1.82, 2.24) is 0 Å². The Morgan fingerprint density at radius 1 is 1.11 bits per heavy atom. The Morgan fingerprint density at radius 2 is 1.72 bits per heavy atom. The highest BCUT2D eigenvalue weighted by Gasteiger charge is 2.14. The van der Waals surface area contributed by atoms with Crippen molar-refractivity contribution in [1.29, 1.82) is 0 Å². The van der Waals surface area contributed by atoms with Gasteiger partial charge in [0.1, 0.15) is 0 Å². The summed E-state index contributed by atoms with van der Waals surface area (Å²) in [5, 5.41) is 0. The summed E-state index contributed by atoms with van der Waals surface area (Å²) in [4.78, 5) is 12.2. The van der Waals surface area contributed by atoms with E-state index in [1.54, 1.807) is 0 Å². The van der Waals surface area contributed by atoms with Gasteiger partial charge in [-0.25, -0.2) is 0 Å². The summed E-state index contributed by atoms with van der Waals surface area (Å²) in [6, 6.07) is 8.13. The van der Waals surface area contributed by atoms with Crippen molar-refractivity contribution in [2.45, 2.75) is 20.3 Å². The molecule has 0 radical (unpaired) electrons. The van der Waals surface area contributed by atoms with Gasteiger partial charge in [0, 0.05) is 12.0 Å². The monoisotopic (exact) mass is 386 g/mol. The zero-order valence-corrected chi connectivity index (χ0v) is 14.1. The maximum atomic E-state index is 12.2. The highest BCUT2D eigenvalue weighted by Crippen LogP contribution is 2.32. The SMILES string of the molecule is Cc1cc(C)cc(CC(=O)c2cc(Br)sc2Br)c1. The van der Waals surface area contributed by atoms with E-state index < -0.39 is 0 Å². The number of Topliss-reactive ketones (excluding diaryl/α,β-unsaturated/α-hetero) is 1. The van der Waals surface area contributed by atoms with Crippen LogP contribution in [0, 0.1) is 13.8 Å². The average Bonchev–Trinajstić information content (AvgIpc) is 2.56. The van der Waals surface area contributed by atoms with Crippen molar-refractivity contribution >= 4 is 49.0 Å². The molecule has 0 fully saturated rings. The van der Waals surface area contributed by atoms with Crippen LogP contribution in [0.3, 0.4) is 0 Å². The molecule has 1 nitrogen and oxygen atoms in total. The van der Waals surface area contributed by atoms with Gasteiger partial charge in [0.2, 0.25) is 0 Å². The van der Waals surface area contributed by atoms with Gasteiger partial charge in [-0.1, -0.05) is 29.3 Å². The standard InChI is InChI=1S/C14H12Br2OS/c1-8-3-9(2)5-10(4-8)6-12(17)11-7-13(15)18-14(11)16/h3-5,7H,6H2,1-2H3. The molecule has 1 heterocycles. The van der Waals surface area contributed by atoms with Crippen molar-refractivity contribution in [2.24, 2.45) is 0 Å². The summed E-state index contributed by atoms with van der Waals surface area (Å²) in [6.07, 6.45) is 0.449. The Bertz CT molecular complexity index is 582. The maximum absolute atomic E-state index is 12.2. The van der Waals surface area contributed by atoms with Crippen LogP contribution in [-0.4, -0.2) is 5.78 Å². The fraction of sp³-hybridized carbons (Fsp3) is 0.214. The molecule has 0 N–H and O–H groups in total. The molecule has 0 atom stereocenters. The fourth-order valence-corrected chi connectivity index (χ4v) is 4.84. The van der Waals surface area contributed by atoms with Crippen LogP contribution >= 0.6 is 43.2 Å². The lowest BCUT2D eigenvalue weighted by Crippen LogP contribution is -2.03. The third-order valence-corrected chi connectivity index (χ3v) is 4.94. The predicted molar refractivity (Wildman–Crippen MR) is 83.7 cm³/mol. The maximum Gasteiger partial charge on any atom is 0.169 e. The van der Waals surface area contributed by atoms with Crippen molar-refractivity contribution < 1.29 is 4.79 Å². The van der Waals surface area contributed by atoms with Gasteiger partial charge in [0.05, 0.1) is 7.57 Å². The van der Waals surface area contributed by atoms with Gasteiger partial charge in [0.25, 0.3) is 0 Å². The topological polar surface area (TPSA) is 17.1 Å². The third kappa shape index (κ3) is 3.31. The first-order chi connectivity index (χ1) is 8.45. The Kier molecular flexibility index (Phi) is 4.41. The van der Waals surface area contributed by atoms with Crippen LogP contribution < -0.4 is 0 Å². The molecule has 1 aromatic heterocycles. The molecule has 18 heavy (non-hydrogen) atoms. The second-order valence-corrected chi connectivity index (χ2v) is 8.08. The minimum atomic E-state index is 0.147. The van der Waals surface area contributed by atoms with Crippen LogP contribution in [-0.2, 0) is 6.42 Å². The van der Waals surface area contributed by atoms with E-state index in [1.165, 1.54) is 22.5 Å². The van der Waals surface area contributed by atoms with Crippen molar-refractivity contribution in [3.05, 3.63) is 54.1 Å². The van der Waals surface area contributed by atoms with E-state index in [4.69, 9.17) is 0 Å². The van der Waals surface area contributed by atoms with Gasteiger partial charge in [-0.2, -0.15) is 0 Å². The Hall–Kier alpha value is -0.450. The second-order valence-electron chi connectivity index (χ2n) is 4.33. The molecule has 4 heteroatoms. The predicted octanol–water partition coefficient (Wildman–Crippen LogP) is 5.32. The number of benzene rings is 1. The van der Waals surface area contributed by atoms with Gasteiger partial charge < -0.3 is 0 Å². The number of carbonyl (C=O) groups excluding carboxylic acids is 1. The molecular weight excluding hydrogens is 376 g/mol. The van der Waals surface area contributed by atoms with Crippen LogP contribution in [0.1, 0.15) is 27.0 Å². The molecule has 0 unspecified atom stereocenters. The summed E-state index contributed by atoms with van der Waals surface area (Å²) in [6.45, 7) is 4.11.